The van der Waals surface area contributed by atoms with Crippen LogP contribution in [0.3, 0.4) is 0 Å². The van der Waals surface area contributed by atoms with Gasteiger partial charge < -0.3 is 14.0 Å². The van der Waals surface area contributed by atoms with Gasteiger partial charge in [0.25, 0.3) is 0 Å². The van der Waals surface area contributed by atoms with Crippen molar-refractivity contribution < 1.29 is 61.6 Å². The van der Waals surface area contributed by atoms with E-state index < -0.39 is 27.5 Å². The number of unbranched alkanes of at least 4 members (excludes halogenated alkanes) is 20. The molecule has 1 unspecified atom stereocenters. The first-order valence-electron chi connectivity index (χ1n) is 16.2. The number of hydrogen-bond donors (Lipinski definition) is 0. The first-order chi connectivity index (χ1) is 19.8. The monoisotopic (exact) mass is 618 g/mol. The van der Waals surface area contributed by atoms with E-state index in [-0.39, 0.29) is 47.3 Å². The minimum atomic E-state index is -4.79. The Morgan fingerprint density at radius 3 is 1.33 bits per heavy atom. The molecule has 0 radical (unpaired) electrons. The molecular weight excluding hydrogens is 563 g/mol. The number of rotatable bonds is 26. The summed E-state index contributed by atoms with van der Waals surface area (Å²) >= 11 is 0. The molecule has 7 nitrogen and oxygen atoms in total. The predicted molar refractivity (Wildman–Crippen MR) is 164 cm³/mol. The van der Waals surface area contributed by atoms with Crippen molar-refractivity contribution in [3.63, 3.8) is 0 Å². The van der Waals surface area contributed by atoms with Crippen LogP contribution in [0, 0.1) is 0 Å². The largest absolute Gasteiger partial charge is 1.00 e. The third kappa shape index (κ3) is 20.9. The van der Waals surface area contributed by atoms with Crippen LogP contribution in [-0.2, 0) is 19.6 Å². The zero-order valence-electron chi connectivity index (χ0n) is 26.7. The van der Waals surface area contributed by atoms with Crippen LogP contribution in [0.5, 0.6) is 0 Å². The van der Waals surface area contributed by atoms with Gasteiger partial charge in [0, 0.05) is 0 Å². The molecule has 1 aromatic carbocycles. The van der Waals surface area contributed by atoms with Crippen LogP contribution in [0.15, 0.2) is 24.3 Å². The average Bonchev–Trinajstić information content (AvgIpc) is 2.95. The van der Waals surface area contributed by atoms with E-state index in [1.807, 2.05) is 0 Å². The van der Waals surface area contributed by atoms with Gasteiger partial charge in [-0.05, 0) is 25.5 Å². The Labute approximate surface area is 278 Å². The number of carbonyl (C=O) groups is 2. The molecule has 0 aromatic heterocycles. The van der Waals surface area contributed by atoms with E-state index in [1.165, 1.54) is 134 Å². The van der Waals surface area contributed by atoms with Gasteiger partial charge in [0.15, 0.2) is 5.44 Å². The quantitative estimate of drug-likeness (QED) is 0.0533. The second-order valence-electron chi connectivity index (χ2n) is 11.2. The molecule has 0 N–H and O–H groups in total. The van der Waals surface area contributed by atoms with Crippen LogP contribution >= 0.6 is 0 Å². The van der Waals surface area contributed by atoms with Crippen LogP contribution in [-0.4, -0.2) is 37.0 Å². The number of esters is 2. The summed E-state index contributed by atoms with van der Waals surface area (Å²) in [6.07, 6.45) is 27.4. The maximum absolute atomic E-state index is 12.5. The van der Waals surface area contributed by atoms with E-state index in [0.29, 0.717) is 0 Å². The van der Waals surface area contributed by atoms with Crippen LogP contribution < -0.4 is 29.6 Å². The summed E-state index contributed by atoms with van der Waals surface area (Å²) in [7, 11) is -4.79. The maximum atomic E-state index is 12.5. The predicted octanol–water partition coefficient (Wildman–Crippen LogP) is 6.11. The van der Waals surface area contributed by atoms with Gasteiger partial charge in [0.2, 0.25) is 0 Å². The molecular formula is C33H55NaO7S. The molecule has 236 valence electrons. The Morgan fingerprint density at radius 2 is 0.976 bits per heavy atom. The molecule has 0 saturated heterocycles. The summed E-state index contributed by atoms with van der Waals surface area (Å²) in [5.41, 5.74) is -2.00. The van der Waals surface area contributed by atoms with Crippen molar-refractivity contribution in [2.45, 2.75) is 154 Å². The van der Waals surface area contributed by atoms with Crippen molar-refractivity contribution in [1.29, 1.82) is 0 Å². The fourth-order valence-electron chi connectivity index (χ4n) is 4.89. The zero-order chi connectivity index (χ0) is 30.2. The number of hydrogen-bond acceptors (Lipinski definition) is 7. The Balaban J connectivity index is 0.0000168. The van der Waals surface area contributed by atoms with Crippen LogP contribution in [0.2, 0.25) is 0 Å². The van der Waals surface area contributed by atoms with Crippen LogP contribution in [0.4, 0.5) is 0 Å². The normalized spacial score (nSPS) is 12.0. The van der Waals surface area contributed by atoms with Crippen molar-refractivity contribution in [2.75, 3.05) is 6.61 Å². The third-order valence-electron chi connectivity index (χ3n) is 7.53. The van der Waals surface area contributed by atoms with Crippen molar-refractivity contribution in [1.82, 2.24) is 0 Å². The van der Waals surface area contributed by atoms with Crippen molar-refractivity contribution in [2.24, 2.45) is 0 Å². The van der Waals surface area contributed by atoms with E-state index in [2.05, 4.69) is 6.92 Å². The molecule has 0 spiro atoms. The Kier molecular flexibility index (Phi) is 25.9. The standard InChI is InChI=1S/C33H56O7S.Na/c1-3-4-5-6-7-8-9-10-11-12-13-14-15-16-17-18-19-20-21-22-25-28-39-32(34)30-26-23-24-27-31(30)33(35)40-29(2)41(36,37)38;/h23-24,26-27,29H,3-22,25,28H2,1-2H3,(H,36,37,38);/q;+1/p-1. The minimum absolute atomic E-state index is 0. The van der Waals surface area contributed by atoms with E-state index in [1.54, 1.807) is 6.07 Å². The Morgan fingerprint density at radius 1 is 0.643 bits per heavy atom. The molecule has 0 amide bonds. The maximum Gasteiger partial charge on any atom is 1.00 e. The number of benzene rings is 1. The topological polar surface area (TPSA) is 110 Å². The summed E-state index contributed by atoms with van der Waals surface area (Å²) in [5.74, 6) is -1.73. The first kappa shape index (κ1) is 41.1. The molecule has 1 rings (SSSR count). The van der Waals surface area contributed by atoms with Crippen LogP contribution in [0.25, 0.3) is 0 Å². The number of carbonyl (C=O) groups excluding carboxylic acids is 2. The fraction of sp³-hybridized carbons (Fsp3) is 0.758. The van der Waals surface area contributed by atoms with Crippen molar-refractivity contribution in [3.8, 4) is 0 Å². The smallest absolute Gasteiger partial charge is 0.745 e. The molecule has 0 bridgehead atoms. The van der Waals surface area contributed by atoms with Gasteiger partial charge in [0.1, 0.15) is 10.1 Å². The molecule has 0 aliphatic carbocycles. The van der Waals surface area contributed by atoms with E-state index >= 15 is 0 Å². The summed E-state index contributed by atoms with van der Waals surface area (Å²) in [6.45, 7) is 3.49. The van der Waals surface area contributed by atoms with Gasteiger partial charge in [-0.15, -0.1) is 0 Å². The summed E-state index contributed by atoms with van der Waals surface area (Å²) in [5, 5.41) is 0. The third-order valence-corrected chi connectivity index (χ3v) is 8.44. The molecule has 0 aliphatic heterocycles. The van der Waals surface area contributed by atoms with Gasteiger partial charge in [-0.3, -0.25) is 0 Å². The van der Waals surface area contributed by atoms with Gasteiger partial charge in [-0.2, -0.15) is 0 Å². The Hall–Kier alpha value is -0.930. The molecule has 42 heavy (non-hydrogen) atoms. The van der Waals surface area contributed by atoms with Gasteiger partial charge >= 0.3 is 41.5 Å². The van der Waals surface area contributed by atoms with Gasteiger partial charge in [-0.1, -0.05) is 147 Å². The molecule has 0 aliphatic rings. The van der Waals surface area contributed by atoms with Crippen molar-refractivity contribution >= 4 is 22.1 Å². The van der Waals surface area contributed by atoms with E-state index in [0.717, 1.165) is 26.2 Å². The molecule has 0 saturated carbocycles. The minimum Gasteiger partial charge on any atom is -0.745 e. The summed E-state index contributed by atoms with van der Waals surface area (Å²) < 4.78 is 43.0. The molecule has 1 aromatic rings. The van der Waals surface area contributed by atoms with E-state index in [9.17, 15) is 22.6 Å². The number of ether oxygens (including phenoxy) is 2. The molecule has 1 atom stereocenters. The van der Waals surface area contributed by atoms with Crippen LogP contribution in [0.1, 0.15) is 169 Å². The second kappa shape index (κ2) is 26.5. The van der Waals surface area contributed by atoms with Crippen molar-refractivity contribution in [3.05, 3.63) is 35.4 Å². The zero-order valence-corrected chi connectivity index (χ0v) is 29.5. The molecule has 0 heterocycles. The SMILES string of the molecule is CCCCCCCCCCCCCCCCCCCCCCCOC(=O)c1ccccc1C(=O)OC(C)S(=O)(=O)[O-].[Na+]. The summed E-state index contributed by atoms with van der Waals surface area (Å²) in [4.78, 5) is 24.7. The van der Waals surface area contributed by atoms with E-state index in [4.69, 9.17) is 9.47 Å². The average molecular weight is 619 g/mol. The first-order valence-corrected chi connectivity index (χ1v) is 17.7. The summed E-state index contributed by atoms with van der Waals surface area (Å²) in [6, 6.07) is 5.83. The fourth-order valence-corrected chi connectivity index (χ4v) is 5.09. The van der Waals surface area contributed by atoms with Gasteiger partial charge in [0.05, 0.1) is 17.7 Å². The van der Waals surface area contributed by atoms with Gasteiger partial charge in [-0.25, -0.2) is 18.0 Å². The molecule has 9 heteroatoms. The Bertz CT molecular complexity index is 936. The second-order valence-corrected chi connectivity index (χ2v) is 12.9. The molecule has 0 fully saturated rings.